The summed E-state index contributed by atoms with van der Waals surface area (Å²) < 4.78 is 5.11. The molecule has 26 heavy (non-hydrogen) atoms. The number of esters is 1. The van der Waals surface area contributed by atoms with Gasteiger partial charge in [-0.3, -0.25) is 4.79 Å². The highest BCUT2D eigenvalue weighted by atomic mass is 16.5. The largest absolute Gasteiger partial charge is 0.462 e. The van der Waals surface area contributed by atoms with E-state index in [1.165, 1.54) is 5.56 Å². The van der Waals surface area contributed by atoms with Crippen molar-refractivity contribution >= 4 is 17.6 Å². The van der Waals surface area contributed by atoms with Gasteiger partial charge in [-0.1, -0.05) is 17.7 Å². The first-order valence-electron chi connectivity index (χ1n) is 8.97. The standard InChI is InChI=1S/C21H28N2O3/c1-7-26-21(25)19-15(5)17(22-16(19)6)8-9-18(24)23-20-13(3)10-12(2)11-14(20)4/h10-11,22H,7-9H2,1-6H3,(H,23,24). The zero-order valence-electron chi connectivity index (χ0n) is 16.5. The lowest BCUT2D eigenvalue weighted by atomic mass is 10.0. The summed E-state index contributed by atoms with van der Waals surface area (Å²) in [5.41, 5.74) is 7.30. The van der Waals surface area contributed by atoms with E-state index in [1.54, 1.807) is 6.92 Å². The van der Waals surface area contributed by atoms with E-state index >= 15 is 0 Å². The third-order valence-electron chi connectivity index (χ3n) is 4.56. The number of amides is 1. The Morgan fingerprint density at radius 3 is 2.27 bits per heavy atom. The van der Waals surface area contributed by atoms with Gasteiger partial charge in [0, 0.05) is 23.5 Å². The fourth-order valence-electron chi connectivity index (χ4n) is 3.39. The Morgan fingerprint density at radius 2 is 1.69 bits per heavy atom. The maximum atomic E-state index is 12.4. The lowest BCUT2D eigenvalue weighted by Crippen LogP contribution is -2.14. The van der Waals surface area contributed by atoms with Crippen molar-refractivity contribution in [1.82, 2.24) is 4.98 Å². The minimum atomic E-state index is -0.319. The van der Waals surface area contributed by atoms with Crippen LogP contribution < -0.4 is 5.32 Å². The summed E-state index contributed by atoms with van der Waals surface area (Å²) in [7, 11) is 0. The summed E-state index contributed by atoms with van der Waals surface area (Å²) in [5, 5.41) is 3.02. The SMILES string of the molecule is CCOC(=O)c1c(C)[nH]c(CCC(=O)Nc2c(C)cc(C)cc2C)c1C. The van der Waals surface area contributed by atoms with Crippen LogP contribution in [0, 0.1) is 34.6 Å². The van der Waals surface area contributed by atoms with E-state index in [1.807, 2.05) is 34.6 Å². The molecule has 0 atom stereocenters. The van der Waals surface area contributed by atoms with Gasteiger partial charge < -0.3 is 15.0 Å². The van der Waals surface area contributed by atoms with Crippen molar-refractivity contribution in [2.75, 3.05) is 11.9 Å². The maximum absolute atomic E-state index is 12.4. The molecule has 0 aliphatic rings. The molecule has 2 aromatic rings. The highest BCUT2D eigenvalue weighted by Crippen LogP contribution is 2.23. The molecule has 1 heterocycles. The van der Waals surface area contributed by atoms with E-state index in [4.69, 9.17) is 4.74 Å². The van der Waals surface area contributed by atoms with Crippen LogP contribution in [0.3, 0.4) is 0 Å². The third-order valence-corrected chi connectivity index (χ3v) is 4.56. The molecule has 0 aliphatic heterocycles. The van der Waals surface area contributed by atoms with Gasteiger partial charge in [-0.2, -0.15) is 0 Å². The molecule has 1 aromatic carbocycles. The van der Waals surface area contributed by atoms with Gasteiger partial charge in [0.05, 0.1) is 12.2 Å². The molecular formula is C21H28N2O3. The molecule has 2 N–H and O–H groups in total. The molecule has 0 saturated carbocycles. The van der Waals surface area contributed by atoms with Crippen molar-refractivity contribution in [3.05, 3.63) is 51.3 Å². The Labute approximate surface area is 155 Å². The minimum absolute atomic E-state index is 0.0376. The van der Waals surface area contributed by atoms with Crippen LogP contribution in [0.2, 0.25) is 0 Å². The molecule has 5 heteroatoms. The summed E-state index contributed by atoms with van der Waals surface area (Å²) in [6.45, 7) is 11.9. The van der Waals surface area contributed by atoms with Crippen LogP contribution in [0.1, 0.15) is 57.3 Å². The van der Waals surface area contributed by atoms with Crippen molar-refractivity contribution in [3.63, 3.8) is 0 Å². The number of ether oxygens (including phenoxy) is 1. The van der Waals surface area contributed by atoms with E-state index < -0.39 is 0 Å². The highest BCUT2D eigenvalue weighted by molar-refractivity contribution is 5.94. The molecule has 0 unspecified atom stereocenters. The average molecular weight is 356 g/mol. The molecule has 0 bridgehead atoms. The number of carbonyl (C=O) groups is 2. The van der Waals surface area contributed by atoms with Crippen LogP contribution in [0.15, 0.2) is 12.1 Å². The van der Waals surface area contributed by atoms with Gasteiger partial charge in [-0.15, -0.1) is 0 Å². The molecule has 0 radical (unpaired) electrons. The second kappa shape index (κ2) is 8.21. The lowest BCUT2D eigenvalue weighted by Gasteiger charge is -2.13. The van der Waals surface area contributed by atoms with Crippen molar-refractivity contribution < 1.29 is 14.3 Å². The lowest BCUT2D eigenvalue weighted by molar-refractivity contribution is -0.116. The smallest absolute Gasteiger partial charge is 0.340 e. The van der Waals surface area contributed by atoms with Crippen molar-refractivity contribution in [2.45, 2.75) is 54.4 Å². The number of carbonyl (C=O) groups excluding carboxylic acids is 2. The normalized spacial score (nSPS) is 10.7. The zero-order valence-corrected chi connectivity index (χ0v) is 16.5. The number of aryl methyl sites for hydroxylation is 5. The van der Waals surface area contributed by atoms with Gasteiger partial charge in [0.1, 0.15) is 0 Å². The van der Waals surface area contributed by atoms with Gasteiger partial charge >= 0.3 is 5.97 Å². The van der Waals surface area contributed by atoms with E-state index in [-0.39, 0.29) is 11.9 Å². The molecule has 5 nitrogen and oxygen atoms in total. The molecule has 1 aromatic heterocycles. The monoisotopic (exact) mass is 356 g/mol. The Morgan fingerprint density at radius 1 is 1.08 bits per heavy atom. The summed E-state index contributed by atoms with van der Waals surface area (Å²) in [5.74, 6) is -0.357. The first-order chi connectivity index (χ1) is 12.2. The van der Waals surface area contributed by atoms with Gasteiger partial charge in [-0.05, 0) is 64.7 Å². The van der Waals surface area contributed by atoms with Gasteiger partial charge in [-0.25, -0.2) is 4.79 Å². The first kappa shape index (κ1) is 19.8. The van der Waals surface area contributed by atoms with Crippen molar-refractivity contribution in [1.29, 1.82) is 0 Å². The fraction of sp³-hybridized carbons (Fsp3) is 0.429. The number of anilines is 1. The molecule has 140 valence electrons. The Kier molecular flexibility index (Phi) is 6.24. The minimum Gasteiger partial charge on any atom is -0.462 e. The fourth-order valence-corrected chi connectivity index (χ4v) is 3.39. The topological polar surface area (TPSA) is 71.2 Å². The van der Waals surface area contributed by atoms with Gasteiger partial charge in [0.2, 0.25) is 5.91 Å². The Balaban J connectivity index is 2.07. The molecule has 0 aliphatic carbocycles. The van der Waals surface area contributed by atoms with Gasteiger partial charge in [0.15, 0.2) is 0 Å². The number of aromatic amines is 1. The van der Waals surface area contributed by atoms with Crippen LogP contribution in [-0.4, -0.2) is 23.5 Å². The van der Waals surface area contributed by atoms with Crippen LogP contribution in [-0.2, 0) is 16.0 Å². The summed E-state index contributed by atoms with van der Waals surface area (Å²) in [6, 6.07) is 4.12. The molecule has 0 fully saturated rings. The number of benzene rings is 1. The third kappa shape index (κ3) is 4.34. The zero-order chi connectivity index (χ0) is 19.4. The number of hydrogen-bond acceptors (Lipinski definition) is 3. The van der Waals surface area contributed by atoms with Crippen LogP contribution in [0.25, 0.3) is 0 Å². The molecular weight excluding hydrogens is 328 g/mol. The molecule has 0 spiro atoms. The quantitative estimate of drug-likeness (QED) is 0.758. The second-order valence-electron chi connectivity index (χ2n) is 6.77. The average Bonchev–Trinajstić information content (AvgIpc) is 2.83. The first-order valence-corrected chi connectivity index (χ1v) is 8.97. The molecule has 0 saturated heterocycles. The van der Waals surface area contributed by atoms with Crippen LogP contribution in [0.4, 0.5) is 5.69 Å². The van der Waals surface area contributed by atoms with E-state index in [0.717, 1.165) is 33.8 Å². The number of rotatable bonds is 6. The van der Waals surface area contributed by atoms with E-state index in [2.05, 4.69) is 22.4 Å². The number of nitrogens with one attached hydrogen (secondary N) is 2. The predicted octanol–water partition coefficient (Wildman–Crippen LogP) is 4.30. The summed E-state index contributed by atoms with van der Waals surface area (Å²) in [6.07, 6.45) is 0.887. The highest BCUT2D eigenvalue weighted by Gasteiger charge is 2.19. The number of aromatic nitrogens is 1. The number of H-pyrrole nitrogens is 1. The molecule has 1 amide bonds. The maximum Gasteiger partial charge on any atom is 0.340 e. The summed E-state index contributed by atoms with van der Waals surface area (Å²) in [4.78, 5) is 27.7. The van der Waals surface area contributed by atoms with E-state index in [9.17, 15) is 9.59 Å². The van der Waals surface area contributed by atoms with Crippen LogP contribution in [0.5, 0.6) is 0 Å². The summed E-state index contributed by atoms with van der Waals surface area (Å²) >= 11 is 0. The predicted molar refractivity (Wildman–Crippen MR) is 104 cm³/mol. The molecule has 2 rings (SSSR count). The van der Waals surface area contributed by atoms with Crippen molar-refractivity contribution in [2.24, 2.45) is 0 Å². The van der Waals surface area contributed by atoms with Crippen LogP contribution >= 0.6 is 0 Å². The van der Waals surface area contributed by atoms with Gasteiger partial charge in [0.25, 0.3) is 0 Å². The van der Waals surface area contributed by atoms with Crippen molar-refractivity contribution in [3.8, 4) is 0 Å². The van der Waals surface area contributed by atoms with E-state index in [0.29, 0.717) is 25.0 Å². The Hall–Kier alpha value is -2.56. The number of hydrogen-bond donors (Lipinski definition) is 2. The second-order valence-corrected chi connectivity index (χ2v) is 6.77. The Bertz CT molecular complexity index is 811.